The first kappa shape index (κ1) is 15.4. The van der Waals surface area contributed by atoms with Crippen LogP contribution in [-0.2, 0) is 9.47 Å². The van der Waals surface area contributed by atoms with E-state index in [1.165, 1.54) is 4.57 Å². The smallest absolute Gasteiger partial charge is 0.351 e. The average Bonchev–Trinajstić information content (AvgIpc) is 2.83. The predicted molar refractivity (Wildman–Crippen MR) is 81.2 cm³/mol. The maximum atomic E-state index is 11.9. The number of rotatable bonds is 5. The number of aliphatic hydroxyl groups is 1. The Kier molecular flexibility index (Phi) is 5.13. The van der Waals surface area contributed by atoms with Gasteiger partial charge in [0, 0.05) is 12.6 Å². The van der Waals surface area contributed by atoms with Gasteiger partial charge >= 0.3 is 5.69 Å². The van der Waals surface area contributed by atoms with Crippen LogP contribution in [0.4, 0.5) is 5.82 Å². The molecule has 3 atom stereocenters. The molecule has 2 heterocycles. The SMILES string of the molecule is C=CCOC1C[C@H](n2cc(I)c(N)nc2=O)O[C@@H]1CO. The fourth-order valence-corrected chi connectivity index (χ4v) is 2.49. The van der Waals surface area contributed by atoms with Gasteiger partial charge in [0.15, 0.2) is 0 Å². The first-order valence-corrected chi connectivity index (χ1v) is 7.17. The van der Waals surface area contributed by atoms with Crippen molar-refractivity contribution >= 4 is 28.4 Å². The predicted octanol–water partition coefficient (Wildman–Crippen LogP) is 0.281. The number of nitrogen functional groups attached to an aromatic ring is 1. The van der Waals surface area contributed by atoms with Crippen molar-refractivity contribution in [3.8, 4) is 0 Å². The average molecular weight is 393 g/mol. The van der Waals surface area contributed by atoms with Gasteiger partial charge in [-0.15, -0.1) is 6.58 Å². The second-order valence-corrected chi connectivity index (χ2v) is 5.53. The van der Waals surface area contributed by atoms with Crippen LogP contribution < -0.4 is 11.4 Å². The number of hydrogen-bond donors (Lipinski definition) is 2. The fourth-order valence-electron chi connectivity index (χ4n) is 2.07. The van der Waals surface area contributed by atoms with Gasteiger partial charge in [-0.25, -0.2) is 4.79 Å². The largest absolute Gasteiger partial charge is 0.394 e. The van der Waals surface area contributed by atoms with Gasteiger partial charge in [-0.05, 0) is 22.6 Å². The van der Waals surface area contributed by atoms with E-state index in [2.05, 4.69) is 11.6 Å². The minimum absolute atomic E-state index is 0.174. The van der Waals surface area contributed by atoms with Crippen LogP contribution in [0.1, 0.15) is 12.6 Å². The lowest BCUT2D eigenvalue weighted by Gasteiger charge is -2.15. The lowest BCUT2D eigenvalue weighted by molar-refractivity contribution is -0.0581. The second-order valence-electron chi connectivity index (χ2n) is 4.37. The Labute approximate surface area is 129 Å². The van der Waals surface area contributed by atoms with Crippen LogP contribution in [0.15, 0.2) is 23.6 Å². The van der Waals surface area contributed by atoms with Crippen LogP contribution in [-0.4, -0.2) is 40.1 Å². The summed E-state index contributed by atoms with van der Waals surface area (Å²) in [6, 6.07) is 0. The van der Waals surface area contributed by atoms with Crippen molar-refractivity contribution in [2.75, 3.05) is 18.9 Å². The van der Waals surface area contributed by atoms with E-state index in [0.717, 1.165) is 0 Å². The number of aromatic nitrogens is 2. The number of aliphatic hydroxyl groups excluding tert-OH is 1. The van der Waals surface area contributed by atoms with Crippen LogP contribution in [0.3, 0.4) is 0 Å². The van der Waals surface area contributed by atoms with Crippen molar-refractivity contribution in [3.05, 3.63) is 32.9 Å². The summed E-state index contributed by atoms with van der Waals surface area (Å²) >= 11 is 2.00. The van der Waals surface area contributed by atoms with Gasteiger partial charge in [0.2, 0.25) is 0 Å². The molecule has 0 radical (unpaired) electrons. The molecular formula is C12H16IN3O4. The van der Waals surface area contributed by atoms with Gasteiger partial charge in [0.1, 0.15) is 18.1 Å². The molecule has 20 heavy (non-hydrogen) atoms. The molecule has 1 unspecified atom stereocenters. The minimum atomic E-state index is -0.518. The molecule has 0 amide bonds. The molecule has 3 N–H and O–H groups in total. The molecule has 1 aromatic rings. The van der Waals surface area contributed by atoms with Gasteiger partial charge in [-0.1, -0.05) is 6.08 Å². The summed E-state index contributed by atoms with van der Waals surface area (Å²) < 4.78 is 13.2. The highest BCUT2D eigenvalue weighted by atomic mass is 127. The highest BCUT2D eigenvalue weighted by molar-refractivity contribution is 14.1. The molecule has 1 aliphatic heterocycles. The van der Waals surface area contributed by atoms with Gasteiger partial charge in [0.05, 0.1) is 22.9 Å². The van der Waals surface area contributed by atoms with E-state index in [0.29, 0.717) is 16.6 Å². The third-order valence-corrected chi connectivity index (χ3v) is 3.86. The van der Waals surface area contributed by atoms with E-state index >= 15 is 0 Å². The van der Waals surface area contributed by atoms with E-state index < -0.39 is 18.0 Å². The molecule has 2 rings (SSSR count). The molecule has 110 valence electrons. The van der Waals surface area contributed by atoms with Crippen LogP contribution in [0.2, 0.25) is 0 Å². The van der Waals surface area contributed by atoms with Gasteiger partial charge in [0.25, 0.3) is 0 Å². The second kappa shape index (κ2) is 6.66. The monoisotopic (exact) mass is 393 g/mol. The quantitative estimate of drug-likeness (QED) is 0.551. The molecule has 0 saturated carbocycles. The van der Waals surface area contributed by atoms with Gasteiger partial charge in [-0.3, -0.25) is 4.57 Å². The Bertz CT molecular complexity index is 548. The van der Waals surface area contributed by atoms with E-state index in [4.69, 9.17) is 15.2 Å². The summed E-state index contributed by atoms with van der Waals surface area (Å²) in [5.74, 6) is 0.197. The normalized spacial score (nSPS) is 25.8. The highest BCUT2D eigenvalue weighted by Gasteiger charge is 2.37. The molecule has 0 spiro atoms. The molecule has 1 saturated heterocycles. The molecule has 0 aliphatic carbocycles. The topological polar surface area (TPSA) is 99.6 Å². The minimum Gasteiger partial charge on any atom is -0.394 e. The standard InChI is InChI=1S/C12H16IN3O4/c1-2-3-19-8-4-10(20-9(8)6-17)16-5-7(13)11(14)15-12(16)18/h2,5,8-10,17H,1,3-4,6H2,(H2,14,15,18)/t8?,9-,10-/m1/s1. The lowest BCUT2D eigenvalue weighted by atomic mass is 10.2. The number of nitrogens with zero attached hydrogens (tertiary/aromatic N) is 2. The Morgan fingerprint density at radius 2 is 2.50 bits per heavy atom. The molecule has 1 aromatic heterocycles. The molecule has 0 bridgehead atoms. The van der Waals surface area contributed by atoms with Gasteiger partial charge in [-0.2, -0.15) is 4.98 Å². The molecule has 0 aromatic carbocycles. The zero-order valence-electron chi connectivity index (χ0n) is 10.7. The summed E-state index contributed by atoms with van der Waals surface area (Å²) in [7, 11) is 0. The lowest BCUT2D eigenvalue weighted by Crippen LogP contribution is -2.29. The molecule has 1 aliphatic rings. The first-order valence-electron chi connectivity index (χ1n) is 6.09. The van der Waals surface area contributed by atoms with E-state index in [-0.39, 0.29) is 18.5 Å². The number of halogens is 1. The van der Waals surface area contributed by atoms with Crippen molar-refractivity contribution in [2.24, 2.45) is 0 Å². The summed E-state index contributed by atoms with van der Waals surface area (Å²) in [6.07, 6.45) is 2.41. The van der Waals surface area contributed by atoms with Crippen LogP contribution in [0.25, 0.3) is 0 Å². The van der Waals surface area contributed by atoms with Crippen molar-refractivity contribution in [3.63, 3.8) is 0 Å². The Balaban J connectivity index is 2.20. The van der Waals surface area contributed by atoms with E-state index in [1.807, 2.05) is 22.6 Å². The third kappa shape index (κ3) is 3.19. The van der Waals surface area contributed by atoms with Crippen LogP contribution in [0, 0.1) is 3.57 Å². The van der Waals surface area contributed by atoms with Crippen LogP contribution >= 0.6 is 22.6 Å². The summed E-state index contributed by atoms with van der Waals surface area (Å²) in [6.45, 7) is 3.77. The Morgan fingerprint density at radius 1 is 1.75 bits per heavy atom. The maximum Gasteiger partial charge on any atom is 0.351 e. The summed E-state index contributed by atoms with van der Waals surface area (Å²) in [5, 5.41) is 9.31. The third-order valence-electron chi connectivity index (χ3n) is 3.03. The molecule has 7 nitrogen and oxygen atoms in total. The molecule has 8 heteroatoms. The highest BCUT2D eigenvalue weighted by Crippen LogP contribution is 2.30. The van der Waals surface area contributed by atoms with Crippen molar-refractivity contribution in [1.82, 2.24) is 9.55 Å². The number of hydrogen-bond acceptors (Lipinski definition) is 6. The van der Waals surface area contributed by atoms with Crippen molar-refractivity contribution in [2.45, 2.75) is 24.9 Å². The summed E-state index contributed by atoms with van der Waals surface area (Å²) in [4.78, 5) is 15.6. The zero-order valence-corrected chi connectivity index (χ0v) is 12.9. The van der Waals surface area contributed by atoms with E-state index in [1.54, 1.807) is 12.3 Å². The first-order chi connectivity index (χ1) is 9.56. The van der Waals surface area contributed by atoms with Crippen molar-refractivity contribution < 1.29 is 14.6 Å². The Morgan fingerprint density at radius 3 is 3.15 bits per heavy atom. The Hall–Kier alpha value is -0.970. The number of ether oxygens (including phenoxy) is 2. The molecular weight excluding hydrogens is 377 g/mol. The maximum absolute atomic E-state index is 11.9. The number of nitrogens with two attached hydrogens (primary N) is 1. The summed E-state index contributed by atoms with van der Waals surface area (Å²) in [5.41, 5.74) is 5.11. The molecule has 1 fully saturated rings. The zero-order chi connectivity index (χ0) is 14.7. The fraction of sp³-hybridized carbons (Fsp3) is 0.500. The van der Waals surface area contributed by atoms with E-state index in [9.17, 15) is 9.90 Å². The van der Waals surface area contributed by atoms with Crippen molar-refractivity contribution in [1.29, 1.82) is 0 Å². The van der Waals surface area contributed by atoms with Crippen LogP contribution in [0.5, 0.6) is 0 Å². The van der Waals surface area contributed by atoms with Gasteiger partial charge < -0.3 is 20.3 Å². The number of anilines is 1.